The SMILES string of the molecule is C/[C]=C/C.[Br][Mg][Br]. The highest BCUT2D eigenvalue weighted by Gasteiger charge is 1.62. The van der Waals surface area contributed by atoms with Gasteiger partial charge in [0.05, 0.1) is 0 Å². The minimum absolute atomic E-state index is 0.0417. The van der Waals surface area contributed by atoms with Crippen LogP contribution < -0.4 is 0 Å². The molecule has 0 spiro atoms. The van der Waals surface area contributed by atoms with Gasteiger partial charge < -0.3 is 0 Å². The summed E-state index contributed by atoms with van der Waals surface area (Å²) >= 11 is 6.44. The topological polar surface area (TPSA) is 0 Å². The maximum Gasteiger partial charge on any atom is 0.560 e. The van der Waals surface area contributed by atoms with Crippen molar-refractivity contribution in [2.45, 2.75) is 13.8 Å². The number of rotatable bonds is 0. The molecule has 1 radical (unpaired) electrons. The molecule has 0 fully saturated rings. The minimum atomic E-state index is 0.0417. The zero-order chi connectivity index (χ0) is 6.12. The lowest BCUT2D eigenvalue weighted by Gasteiger charge is -1.47. The van der Waals surface area contributed by atoms with Gasteiger partial charge in [-0.3, -0.25) is 25.8 Å². The highest BCUT2D eigenvalue weighted by atomic mass is 79.9. The summed E-state index contributed by atoms with van der Waals surface area (Å²) in [5.41, 5.74) is 0. The van der Waals surface area contributed by atoms with Crippen LogP contribution in [0, 0.1) is 6.08 Å². The van der Waals surface area contributed by atoms with E-state index in [2.05, 4.69) is 31.8 Å². The smallest absolute Gasteiger partial charge is 0.280 e. The zero-order valence-corrected chi connectivity index (χ0v) is 9.13. The molecule has 0 aliphatic rings. The van der Waals surface area contributed by atoms with E-state index >= 15 is 0 Å². The number of allylic oxidation sites excluding steroid dienone is 2. The quantitative estimate of drug-likeness (QED) is 0.570. The van der Waals surface area contributed by atoms with E-state index < -0.39 is 0 Å². The first-order chi connectivity index (χ1) is 3.33. The average Bonchev–Trinajstić information content (AvgIpc) is 1.69. The van der Waals surface area contributed by atoms with Crippen molar-refractivity contribution in [2.75, 3.05) is 0 Å². The fourth-order valence-electron chi connectivity index (χ4n) is 0. The Morgan fingerprint density at radius 3 is 1.71 bits per heavy atom. The Morgan fingerprint density at radius 1 is 1.57 bits per heavy atom. The lowest BCUT2D eigenvalue weighted by Crippen LogP contribution is -1.31. The van der Waals surface area contributed by atoms with Gasteiger partial charge in [-0.1, -0.05) is 12.2 Å². The van der Waals surface area contributed by atoms with Crippen LogP contribution in [0.15, 0.2) is 6.08 Å². The highest BCUT2D eigenvalue weighted by molar-refractivity contribution is 9.47. The first-order valence-electron chi connectivity index (χ1n) is 1.90. The zero-order valence-electron chi connectivity index (χ0n) is 4.54. The maximum atomic E-state index is 3.20. The van der Waals surface area contributed by atoms with Crippen LogP contribution in [-0.4, -0.2) is 16.0 Å². The molecule has 0 aromatic carbocycles. The van der Waals surface area contributed by atoms with Crippen molar-refractivity contribution in [3.8, 4) is 0 Å². The first kappa shape index (κ1) is 11.3. The lowest BCUT2D eigenvalue weighted by atomic mass is 10.6. The van der Waals surface area contributed by atoms with Gasteiger partial charge >= 0.3 is 16.0 Å². The Morgan fingerprint density at radius 2 is 1.71 bits per heavy atom. The van der Waals surface area contributed by atoms with Crippen LogP contribution in [0.3, 0.4) is 0 Å². The summed E-state index contributed by atoms with van der Waals surface area (Å²) in [6.45, 7) is 3.82. The van der Waals surface area contributed by atoms with Crippen molar-refractivity contribution in [1.29, 1.82) is 0 Å². The van der Waals surface area contributed by atoms with Crippen LogP contribution in [0.1, 0.15) is 13.8 Å². The first-order valence-corrected chi connectivity index (χ1v) is 9.70. The van der Waals surface area contributed by atoms with Gasteiger partial charge in [0.15, 0.2) is 0 Å². The van der Waals surface area contributed by atoms with E-state index in [1.54, 1.807) is 0 Å². The van der Waals surface area contributed by atoms with Crippen molar-refractivity contribution >= 4 is 41.8 Å². The third kappa shape index (κ3) is 36.7. The predicted molar refractivity (Wildman–Crippen MR) is 42.8 cm³/mol. The Labute approximate surface area is 67.2 Å². The Hall–Kier alpha value is 1.47. The largest absolute Gasteiger partial charge is 0.560 e. The molecule has 0 aliphatic carbocycles. The molecule has 0 N–H and O–H groups in total. The molecule has 0 bridgehead atoms. The average molecular weight is 239 g/mol. The fraction of sp³-hybridized carbons (Fsp3) is 0.500. The van der Waals surface area contributed by atoms with Gasteiger partial charge in [-0.2, -0.15) is 0 Å². The van der Waals surface area contributed by atoms with Gasteiger partial charge in [-0.05, 0) is 13.8 Å². The van der Waals surface area contributed by atoms with E-state index in [0.717, 1.165) is 0 Å². The fourth-order valence-corrected chi connectivity index (χ4v) is 0. The molecule has 0 saturated carbocycles. The molecule has 0 rings (SSSR count). The summed E-state index contributed by atoms with van der Waals surface area (Å²) in [6, 6.07) is 0. The normalized spacial score (nSPS) is 6.86. The molecule has 0 atom stereocenters. The molecule has 0 heterocycles. The van der Waals surface area contributed by atoms with E-state index in [9.17, 15) is 0 Å². The number of halogens is 2. The molecular weight excluding hydrogens is 232 g/mol. The van der Waals surface area contributed by atoms with Gasteiger partial charge in [0, 0.05) is 0 Å². The molecule has 0 aromatic heterocycles. The molecule has 0 aliphatic heterocycles. The monoisotopic (exact) mass is 237 g/mol. The van der Waals surface area contributed by atoms with E-state index in [1.807, 2.05) is 19.9 Å². The van der Waals surface area contributed by atoms with Crippen LogP contribution in [0.5, 0.6) is 0 Å². The second kappa shape index (κ2) is 15.7. The summed E-state index contributed by atoms with van der Waals surface area (Å²) in [4.78, 5) is 0. The molecule has 0 aromatic rings. The molecule has 7 heavy (non-hydrogen) atoms. The molecule has 0 unspecified atom stereocenters. The van der Waals surface area contributed by atoms with Crippen LogP contribution >= 0.6 is 25.8 Å². The number of hydrogen-bond donors (Lipinski definition) is 0. The van der Waals surface area contributed by atoms with Gasteiger partial charge in [0.1, 0.15) is 0 Å². The lowest BCUT2D eigenvalue weighted by molar-refractivity contribution is 1.58. The van der Waals surface area contributed by atoms with Gasteiger partial charge in [0.25, 0.3) is 0 Å². The van der Waals surface area contributed by atoms with Gasteiger partial charge in [0.2, 0.25) is 0 Å². The maximum absolute atomic E-state index is 3.20. The third-order valence-corrected chi connectivity index (χ3v) is 0.289. The second-order valence-electron chi connectivity index (χ2n) is 0.678. The van der Waals surface area contributed by atoms with Crippen LogP contribution in [-0.2, 0) is 0 Å². The van der Waals surface area contributed by atoms with E-state index in [4.69, 9.17) is 0 Å². The Kier molecular flexibility index (Phi) is 25.2. The summed E-state index contributed by atoms with van der Waals surface area (Å²) in [6.07, 6.45) is 4.68. The molecule has 39 valence electrons. The molecule has 3 heteroatoms. The van der Waals surface area contributed by atoms with Crippen LogP contribution in [0.2, 0.25) is 0 Å². The van der Waals surface area contributed by atoms with Crippen molar-refractivity contribution in [1.82, 2.24) is 0 Å². The Bertz CT molecular complexity index is 32.7. The van der Waals surface area contributed by atoms with E-state index in [-0.39, 0.29) is 16.0 Å². The van der Waals surface area contributed by atoms with Crippen LogP contribution in [0.25, 0.3) is 0 Å². The summed E-state index contributed by atoms with van der Waals surface area (Å²) in [7, 11) is 0. The molecular formula is C4H7Br2Mg. The molecule has 0 amide bonds. The van der Waals surface area contributed by atoms with Gasteiger partial charge in [-0.25, -0.2) is 0 Å². The highest BCUT2D eigenvalue weighted by Crippen LogP contribution is 1.77. The predicted octanol–water partition coefficient (Wildman–Crippen LogP) is 2.70. The van der Waals surface area contributed by atoms with Crippen molar-refractivity contribution < 1.29 is 0 Å². The van der Waals surface area contributed by atoms with E-state index in [1.165, 1.54) is 0 Å². The summed E-state index contributed by atoms with van der Waals surface area (Å²) in [5, 5.41) is 0. The van der Waals surface area contributed by atoms with Crippen molar-refractivity contribution in [2.24, 2.45) is 0 Å². The Balaban J connectivity index is 0. The summed E-state index contributed by atoms with van der Waals surface area (Å²) in [5.74, 6) is 0. The van der Waals surface area contributed by atoms with E-state index in [0.29, 0.717) is 0 Å². The molecule has 0 saturated heterocycles. The summed E-state index contributed by atoms with van der Waals surface area (Å²) < 4.78 is 0. The third-order valence-electron chi connectivity index (χ3n) is 0.289. The van der Waals surface area contributed by atoms with Crippen molar-refractivity contribution in [3.05, 3.63) is 12.2 Å². The van der Waals surface area contributed by atoms with Crippen LogP contribution in [0.4, 0.5) is 0 Å². The standard InChI is InChI=1S/C4H7.2BrH.Mg/c1-3-4-2;;;/h3H,1-2H3;2*1H;/q;;;+2/p-2. The second-order valence-corrected chi connectivity index (χ2v) is 8.76. The van der Waals surface area contributed by atoms with Crippen molar-refractivity contribution in [3.63, 3.8) is 0 Å². The molecule has 0 nitrogen and oxygen atoms in total. The minimum Gasteiger partial charge on any atom is -0.280 e. The number of hydrogen-bond acceptors (Lipinski definition) is 0. The van der Waals surface area contributed by atoms with Gasteiger partial charge in [-0.15, -0.1) is 0 Å².